The first-order valence-electron chi connectivity index (χ1n) is 12.9. The molecule has 8 heteroatoms. The Morgan fingerprint density at radius 2 is 1.44 bits per heavy atom. The molecule has 0 radical (unpaired) electrons. The molecule has 1 aliphatic carbocycles. The number of nitrogens with one attached hydrogen (secondary N) is 1. The first kappa shape index (κ1) is 26.2. The predicted octanol–water partition coefficient (Wildman–Crippen LogP) is 6.10. The maximum absolute atomic E-state index is 13.6. The van der Waals surface area contributed by atoms with Crippen LogP contribution in [0.15, 0.2) is 95.8 Å². The average molecular weight is 563 g/mol. The van der Waals surface area contributed by atoms with E-state index in [0.717, 1.165) is 0 Å². The minimum Gasteiger partial charge on any atom is -0.506 e. The van der Waals surface area contributed by atoms with Gasteiger partial charge < -0.3 is 15.0 Å². The van der Waals surface area contributed by atoms with Gasteiger partial charge in [0.05, 0.1) is 11.6 Å². The molecule has 0 bridgehead atoms. The molecule has 0 saturated carbocycles. The number of para-hydroxylation sites is 1. The van der Waals surface area contributed by atoms with E-state index in [0.29, 0.717) is 43.9 Å². The number of pyridine rings is 1. The number of aromatic hydroxyl groups is 1. The maximum Gasteiger partial charge on any atom is 0.265 e. The van der Waals surface area contributed by atoms with E-state index < -0.39 is 17.4 Å². The molecule has 0 amide bonds. The lowest BCUT2D eigenvalue weighted by molar-refractivity contribution is 0.0971. The predicted molar refractivity (Wildman–Crippen MR) is 157 cm³/mol. The lowest BCUT2D eigenvalue weighted by Gasteiger charge is -2.23. The van der Waals surface area contributed by atoms with Gasteiger partial charge in [0.15, 0.2) is 17.3 Å². The van der Waals surface area contributed by atoms with E-state index in [1.165, 1.54) is 4.57 Å². The number of ketones is 3. The molecule has 1 unspecified atom stereocenters. The monoisotopic (exact) mass is 562 g/mol. The number of carbonyl (C=O) groups is 3. The first-order chi connectivity index (χ1) is 19.7. The summed E-state index contributed by atoms with van der Waals surface area (Å²) in [6, 6.07) is 24.6. The number of hydrogen-bond donors (Lipinski definition) is 2. The van der Waals surface area contributed by atoms with Crippen molar-refractivity contribution < 1.29 is 19.5 Å². The van der Waals surface area contributed by atoms with Crippen LogP contribution in [0.2, 0.25) is 5.02 Å². The zero-order valence-electron chi connectivity index (χ0n) is 21.9. The Bertz CT molecular complexity index is 1960. The molecule has 5 aromatic rings. The second-order valence-corrected chi connectivity index (χ2v) is 10.4. The van der Waals surface area contributed by atoms with Crippen LogP contribution in [0.25, 0.3) is 10.9 Å². The quantitative estimate of drug-likeness (QED) is 0.238. The highest BCUT2D eigenvalue weighted by Gasteiger charge is 2.30. The van der Waals surface area contributed by atoms with Crippen molar-refractivity contribution in [1.82, 2.24) is 4.57 Å². The zero-order chi connectivity index (χ0) is 28.8. The minimum absolute atomic E-state index is 0.185. The van der Waals surface area contributed by atoms with E-state index in [-0.39, 0.29) is 34.9 Å². The van der Waals surface area contributed by atoms with Gasteiger partial charge in [-0.25, -0.2) is 0 Å². The third-order valence-electron chi connectivity index (χ3n) is 7.48. The molecule has 1 atom stereocenters. The largest absolute Gasteiger partial charge is 0.506 e. The highest BCUT2D eigenvalue weighted by Crippen LogP contribution is 2.33. The second kappa shape index (κ2) is 10.2. The van der Waals surface area contributed by atoms with Crippen molar-refractivity contribution in [2.45, 2.75) is 12.5 Å². The van der Waals surface area contributed by atoms with Gasteiger partial charge >= 0.3 is 0 Å². The lowest BCUT2D eigenvalue weighted by Crippen LogP contribution is -2.27. The Balaban J connectivity index is 1.38. The number of aromatic nitrogens is 1. The smallest absolute Gasteiger partial charge is 0.265 e. The molecule has 0 aliphatic heterocycles. The van der Waals surface area contributed by atoms with E-state index in [1.54, 1.807) is 98.0 Å². The second-order valence-electron chi connectivity index (χ2n) is 9.94. The fourth-order valence-electron chi connectivity index (χ4n) is 5.36. The van der Waals surface area contributed by atoms with Crippen molar-refractivity contribution in [2.75, 3.05) is 5.32 Å². The minimum atomic E-state index is -0.657. The van der Waals surface area contributed by atoms with Crippen LogP contribution in [0.3, 0.4) is 0 Å². The van der Waals surface area contributed by atoms with Crippen LogP contribution in [-0.4, -0.2) is 27.0 Å². The number of benzene rings is 4. The van der Waals surface area contributed by atoms with Gasteiger partial charge in [0.1, 0.15) is 11.3 Å². The molecule has 0 saturated heterocycles. The molecular weight excluding hydrogens is 540 g/mol. The van der Waals surface area contributed by atoms with E-state index in [1.807, 2.05) is 0 Å². The van der Waals surface area contributed by atoms with Crippen LogP contribution in [0, 0.1) is 0 Å². The topological polar surface area (TPSA) is 105 Å². The van der Waals surface area contributed by atoms with Crippen molar-refractivity contribution in [1.29, 1.82) is 0 Å². The molecule has 6 rings (SSSR count). The van der Waals surface area contributed by atoms with Crippen LogP contribution < -0.4 is 10.9 Å². The molecule has 1 heterocycles. The van der Waals surface area contributed by atoms with Crippen molar-refractivity contribution in [3.63, 3.8) is 0 Å². The number of fused-ring (bicyclic) bond motifs is 3. The summed E-state index contributed by atoms with van der Waals surface area (Å²) in [5.41, 5.74) is 2.10. The summed E-state index contributed by atoms with van der Waals surface area (Å²) in [4.78, 5) is 53.1. The van der Waals surface area contributed by atoms with Crippen LogP contribution in [-0.2, 0) is 7.05 Å². The Labute approximate surface area is 239 Å². The molecule has 41 heavy (non-hydrogen) atoms. The Morgan fingerprint density at radius 3 is 2.15 bits per heavy atom. The average Bonchev–Trinajstić information content (AvgIpc) is 2.99. The summed E-state index contributed by atoms with van der Waals surface area (Å²) in [6.07, 6.45) is -0.185. The number of halogens is 1. The van der Waals surface area contributed by atoms with Crippen LogP contribution in [0.1, 0.15) is 60.2 Å². The number of Topliss-reactive ketones (excluding diaryl/α,β-unsaturated/α-hetero) is 1. The van der Waals surface area contributed by atoms with Gasteiger partial charge in [-0.2, -0.15) is 0 Å². The summed E-state index contributed by atoms with van der Waals surface area (Å²) in [6.45, 7) is 0. The highest BCUT2D eigenvalue weighted by atomic mass is 35.5. The van der Waals surface area contributed by atoms with Gasteiger partial charge in [-0.1, -0.05) is 60.1 Å². The van der Waals surface area contributed by atoms with Crippen molar-refractivity contribution >= 4 is 45.5 Å². The fraction of sp³-hybridized carbons (Fsp3) is 0.0909. The zero-order valence-corrected chi connectivity index (χ0v) is 22.6. The van der Waals surface area contributed by atoms with Crippen molar-refractivity contribution in [2.24, 2.45) is 7.05 Å². The van der Waals surface area contributed by atoms with Crippen LogP contribution >= 0.6 is 11.6 Å². The molecule has 1 aromatic heterocycles. The van der Waals surface area contributed by atoms with E-state index in [4.69, 9.17) is 11.6 Å². The molecule has 0 fully saturated rings. The van der Waals surface area contributed by atoms with Crippen LogP contribution in [0.5, 0.6) is 5.75 Å². The van der Waals surface area contributed by atoms with Crippen molar-refractivity contribution in [3.05, 3.63) is 140 Å². The number of aryl methyl sites for hydroxylation is 1. The fourth-order valence-corrected chi connectivity index (χ4v) is 5.48. The molecule has 202 valence electrons. The van der Waals surface area contributed by atoms with E-state index in [2.05, 4.69) is 5.32 Å². The molecule has 7 nitrogen and oxygen atoms in total. The van der Waals surface area contributed by atoms with Gasteiger partial charge in [0, 0.05) is 51.8 Å². The van der Waals surface area contributed by atoms with Gasteiger partial charge in [0.2, 0.25) is 0 Å². The van der Waals surface area contributed by atoms with Gasteiger partial charge in [0.25, 0.3) is 5.56 Å². The number of nitrogens with zero attached hydrogens (tertiary/aromatic N) is 1. The van der Waals surface area contributed by atoms with Crippen LogP contribution in [0.4, 0.5) is 5.69 Å². The Morgan fingerprint density at radius 1 is 0.829 bits per heavy atom. The Kier molecular flexibility index (Phi) is 6.52. The molecule has 1 aliphatic rings. The lowest BCUT2D eigenvalue weighted by atomic mass is 9.84. The van der Waals surface area contributed by atoms with Crippen molar-refractivity contribution in [3.8, 4) is 5.75 Å². The third kappa shape index (κ3) is 4.50. The molecule has 2 N–H and O–H groups in total. The summed E-state index contributed by atoms with van der Waals surface area (Å²) in [5, 5.41) is 15.2. The van der Waals surface area contributed by atoms with E-state index in [9.17, 15) is 24.3 Å². The number of hydrogen-bond acceptors (Lipinski definition) is 6. The van der Waals surface area contributed by atoms with Gasteiger partial charge in [-0.3, -0.25) is 19.2 Å². The standard InChI is InChI=1S/C33H23ClN2O5/c1-36-27-9-5-4-8-24(27)32(40)29(33(36)41)28(37)17-26(18-10-12-19(34)13-11-18)35-20-14-15-23-25(16-20)31(39)22-7-3-2-6-21(22)30(23)38/h2-16,26,35,40H,17H2,1H3. The van der Waals surface area contributed by atoms with Gasteiger partial charge in [-0.05, 0) is 48.0 Å². The molecular formula is C33H23ClN2O5. The number of carbonyl (C=O) groups excluding carboxylic acids is 3. The normalized spacial score (nSPS) is 13.0. The summed E-state index contributed by atoms with van der Waals surface area (Å²) in [5.74, 6) is -1.41. The summed E-state index contributed by atoms with van der Waals surface area (Å²) >= 11 is 6.11. The van der Waals surface area contributed by atoms with E-state index >= 15 is 0 Å². The highest BCUT2D eigenvalue weighted by molar-refractivity contribution is 6.30. The summed E-state index contributed by atoms with van der Waals surface area (Å²) < 4.78 is 1.34. The first-order valence-corrected chi connectivity index (χ1v) is 13.3. The number of anilines is 1. The SMILES string of the molecule is Cn1c(=O)c(C(=O)CC(Nc2ccc3c(c2)C(=O)c2ccccc2C3=O)c2ccc(Cl)cc2)c(O)c2ccccc21. The maximum atomic E-state index is 13.6. The molecule has 0 spiro atoms. The molecule has 4 aromatic carbocycles. The number of rotatable bonds is 6. The van der Waals surface area contributed by atoms with Gasteiger partial charge in [-0.15, -0.1) is 0 Å². The third-order valence-corrected chi connectivity index (χ3v) is 7.73. The Hall–Kier alpha value is -5.01. The summed E-state index contributed by atoms with van der Waals surface area (Å²) in [7, 11) is 1.55.